The van der Waals surface area contributed by atoms with Crippen molar-refractivity contribution in [2.75, 3.05) is 11.9 Å². The smallest absolute Gasteiger partial charge is 0.299 e. The summed E-state index contributed by atoms with van der Waals surface area (Å²) in [5, 5.41) is 7.48. The molecule has 0 radical (unpaired) electrons. The Hall–Kier alpha value is -1.82. The van der Waals surface area contributed by atoms with Crippen LogP contribution in [0.25, 0.3) is 0 Å². The number of carbonyl (C=O) groups is 2. The summed E-state index contributed by atoms with van der Waals surface area (Å²) in [5.74, 6) is 0.345. The number of anilines is 1. The highest BCUT2D eigenvalue weighted by Gasteiger charge is 2.48. The second-order valence-electron chi connectivity index (χ2n) is 6.13. The van der Waals surface area contributed by atoms with Crippen molar-refractivity contribution in [1.82, 2.24) is 5.43 Å². The summed E-state index contributed by atoms with van der Waals surface area (Å²) in [4.78, 5) is 23.8. The standard InChI is InChI=1S/C16H17N3O2S/c1-9-14(18-19-15(21)22-9)10-4-5-12-11(7-10)16(8-17-12)6-2-3-13(16)20/h4-5,7,9,17H,2-3,6,8H2,1H3,(H,19,21). The fourth-order valence-electron chi connectivity index (χ4n) is 3.74. The van der Waals surface area contributed by atoms with Gasteiger partial charge in [-0.25, -0.2) is 5.43 Å². The number of carbonyl (C=O) groups excluding carboxylic acids is 2. The molecule has 1 saturated carbocycles. The quantitative estimate of drug-likeness (QED) is 0.836. The summed E-state index contributed by atoms with van der Waals surface area (Å²) >= 11 is 1.24. The van der Waals surface area contributed by atoms with E-state index in [1.807, 2.05) is 19.1 Å². The monoisotopic (exact) mass is 315 g/mol. The molecule has 22 heavy (non-hydrogen) atoms. The molecule has 5 nitrogen and oxygen atoms in total. The fourth-order valence-corrected chi connectivity index (χ4v) is 4.45. The van der Waals surface area contributed by atoms with Crippen LogP contribution < -0.4 is 10.7 Å². The highest BCUT2D eigenvalue weighted by Crippen LogP contribution is 2.46. The average molecular weight is 315 g/mol. The molecule has 2 atom stereocenters. The Morgan fingerprint density at radius 2 is 2.23 bits per heavy atom. The van der Waals surface area contributed by atoms with Crippen molar-refractivity contribution < 1.29 is 9.59 Å². The van der Waals surface area contributed by atoms with Gasteiger partial charge in [0.2, 0.25) is 0 Å². The van der Waals surface area contributed by atoms with Gasteiger partial charge in [0.25, 0.3) is 5.24 Å². The second kappa shape index (κ2) is 4.84. The molecule has 114 valence electrons. The topological polar surface area (TPSA) is 70.6 Å². The normalized spacial score (nSPS) is 30.0. The first-order valence-corrected chi connectivity index (χ1v) is 8.44. The van der Waals surface area contributed by atoms with Crippen LogP contribution in [0.4, 0.5) is 10.5 Å². The van der Waals surface area contributed by atoms with Gasteiger partial charge in [0, 0.05) is 18.7 Å². The number of hydrazone groups is 1. The molecule has 1 spiro atoms. The maximum absolute atomic E-state index is 12.4. The first kappa shape index (κ1) is 13.8. The number of Topliss-reactive ketones (excluding diaryl/α,β-unsaturated/α-hetero) is 1. The second-order valence-corrected chi connectivity index (χ2v) is 7.44. The highest BCUT2D eigenvalue weighted by atomic mass is 32.2. The third-order valence-electron chi connectivity index (χ3n) is 4.89. The van der Waals surface area contributed by atoms with Gasteiger partial charge in [0.1, 0.15) is 5.78 Å². The largest absolute Gasteiger partial charge is 0.383 e. The minimum Gasteiger partial charge on any atom is -0.383 e. The van der Waals surface area contributed by atoms with Gasteiger partial charge in [-0.1, -0.05) is 17.8 Å². The summed E-state index contributed by atoms with van der Waals surface area (Å²) in [6, 6.07) is 6.13. The van der Waals surface area contributed by atoms with E-state index in [2.05, 4.69) is 21.9 Å². The van der Waals surface area contributed by atoms with Gasteiger partial charge in [0.05, 0.1) is 16.4 Å². The molecule has 3 aliphatic rings. The summed E-state index contributed by atoms with van der Waals surface area (Å²) in [7, 11) is 0. The summed E-state index contributed by atoms with van der Waals surface area (Å²) in [6.45, 7) is 2.68. The Morgan fingerprint density at radius 1 is 1.36 bits per heavy atom. The lowest BCUT2D eigenvalue weighted by Crippen LogP contribution is -2.33. The number of benzene rings is 1. The molecule has 0 aromatic heterocycles. The molecule has 0 bridgehead atoms. The molecule has 6 heteroatoms. The van der Waals surface area contributed by atoms with E-state index >= 15 is 0 Å². The van der Waals surface area contributed by atoms with Crippen molar-refractivity contribution >= 4 is 34.2 Å². The number of ketones is 1. The zero-order valence-corrected chi connectivity index (χ0v) is 13.1. The number of nitrogens with one attached hydrogen (secondary N) is 2. The molecular weight excluding hydrogens is 298 g/mol. The van der Waals surface area contributed by atoms with Gasteiger partial charge in [-0.15, -0.1) is 0 Å². The molecular formula is C16H17N3O2S. The van der Waals surface area contributed by atoms with Gasteiger partial charge in [-0.2, -0.15) is 5.10 Å². The lowest BCUT2D eigenvalue weighted by molar-refractivity contribution is -0.121. The van der Waals surface area contributed by atoms with Gasteiger partial charge < -0.3 is 5.32 Å². The molecule has 2 N–H and O–H groups in total. The summed E-state index contributed by atoms with van der Waals surface area (Å²) in [5.41, 5.74) is 6.19. The molecule has 1 fully saturated rings. The Balaban J connectivity index is 1.78. The zero-order chi connectivity index (χ0) is 15.3. The molecule has 0 saturated heterocycles. The van der Waals surface area contributed by atoms with Crippen molar-refractivity contribution in [3.63, 3.8) is 0 Å². The van der Waals surface area contributed by atoms with Crippen LogP contribution in [0.15, 0.2) is 23.3 Å². The third-order valence-corrected chi connectivity index (χ3v) is 5.77. The van der Waals surface area contributed by atoms with Gasteiger partial charge in [-0.05, 0) is 43.0 Å². The van der Waals surface area contributed by atoms with E-state index in [1.165, 1.54) is 11.8 Å². The Morgan fingerprint density at radius 3 is 2.95 bits per heavy atom. The van der Waals surface area contributed by atoms with E-state index < -0.39 is 0 Å². The van der Waals surface area contributed by atoms with E-state index in [0.29, 0.717) is 18.7 Å². The lowest BCUT2D eigenvalue weighted by Gasteiger charge is -2.23. The van der Waals surface area contributed by atoms with Crippen molar-refractivity contribution in [3.8, 4) is 0 Å². The summed E-state index contributed by atoms with van der Waals surface area (Å²) < 4.78 is 0. The predicted molar refractivity (Wildman–Crippen MR) is 87.6 cm³/mol. The van der Waals surface area contributed by atoms with Crippen molar-refractivity contribution in [2.24, 2.45) is 5.10 Å². The summed E-state index contributed by atoms with van der Waals surface area (Å²) in [6.07, 6.45) is 2.56. The van der Waals surface area contributed by atoms with Crippen molar-refractivity contribution in [1.29, 1.82) is 0 Å². The fraction of sp³-hybridized carbons (Fsp3) is 0.438. The van der Waals surface area contributed by atoms with Gasteiger partial charge in [0.15, 0.2) is 0 Å². The predicted octanol–water partition coefficient (Wildman–Crippen LogP) is 2.65. The number of amides is 1. The maximum atomic E-state index is 12.4. The molecule has 1 aromatic rings. The average Bonchev–Trinajstić information content (AvgIpc) is 3.05. The van der Waals surface area contributed by atoms with Crippen LogP contribution in [0.2, 0.25) is 0 Å². The number of thioether (sulfide) groups is 1. The minimum atomic E-state index is -0.347. The molecule has 2 unspecified atom stereocenters. The molecule has 2 heterocycles. The number of nitrogens with zero attached hydrogens (tertiary/aromatic N) is 1. The number of rotatable bonds is 1. The lowest BCUT2D eigenvalue weighted by atomic mass is 9.79. The van der Waals surface area contributed by atoms with Crippen LogP contribution in [-0.2, 0) is 10.2 Å². The van der Waals surface area contributed by atoms with E-state index in [1.54, 1.807) is 0 Å². The van der Waals surface area contributed by atoms with Crippen LogP contribution in [-0.4, -0.2) is 28.5 Å². The number of hydrogen-bond donors (Lipinski definition) is 2. The third kappa shape index (κ3) is 1.90. The van der Waals surface area contributed by atoms with Crippen molar-refractivity contribution in [2.45, 2.75) is 36.9 Å². The van der Waals surface area contributed by atoms with Crippen LogP contribution >= 0.6 is 11.8 Å². The minimum absolute atomic E-state index is 0.0105. The van der Waals surface area contributed by atoms with Crippen molar-refractivity contribution in [3.05, 3.63) is 29.3 Å². The Kier molecular flexibility index (Phi) is 3.04. The molecule has 2 aliphatic heterocycles. The van der Waals surface area contributed by atoms with Crippen LogP contribution in [0.5, 0.6) is 0 Å². The zero-order valence-electron chi connectivity index (χ0n) is 12.3. The van der Waals surface area contributed by atoms with Crippen LogP contribution in [0.3, 0.4) is 0 Å². The van der Waals surface area contributed by atoms with E-state index in [0.717, 1.165) is 35.4 Å². The van der Waals surface area contributed by atoms with Crippen LogP contribution in [0.1, 0.15) is 37.3 Å². The first-order chi connectivity index (χ1) is 10.6. The van der Waals surface area contributed by atoms with Gasteiger partial charge >= 0.3 is 0 Å². The van der Waals surface area contributed by atoms with E-state index in [-0.39, 0.29) is 15.9 Å². The first-order valence-electron chi connectivity index (χ1n) is 7.56. The maximum Gasteiger partial charge on any atom is 0.299 e. The van der Waals surface area contributed by atoms with Crippen LogP contribution in [0, 0.1) is 0 Å². The Bertz CT molecular complexity index is 715. The highest BCUT2D eigenvalue weighted by molar-refractivity contribution is 8.14. The molecule has 4 rings (SSSR count). The van der Waals surface area contributed by atoms with E-state index in [4.69, 9.17) is 0 Å². The number of fused-ring (bicyclic) bond motifs is 2. The van der Waals surface area contributed by atoms with Gasteiger partial charge in [-0.3, -0.25) is 9.59 Å². The Labute approximate surface area is 132 Å². The molecule has 1 aliphatic carbocycles. The number of hydrogen-bond acceptors (Lipinski definition) is 5. The SMILES string of the molecule is CC1SC(=O)NN=C1c1ccc2c(c1)C1(CCCC1=O)CN2. The molecule has 1 amide bonds. The van der Waals surface area contributed by atoms with E-state index in [9.17, 15) is 9.59 Å². The molecule has 1 aromatic carbocycles.